The Hall–Kier alpha value is -0.120. The largest absolute Gasteiger partial charge is 0.394 e. The smallest absolute Gasteiger partial charge is 0.0822 e. The quantitative estimate of drug-likeness (QED) is 0.467. The van der Waals surface area contributed by atoms with Crippen LogP contribution in [0.3, 0.4) is 0 Å². The predicted octanol–water partition coefficient (Wildman–Crippen LogP) is -0.905. The minimum atomic E-state index is 0.00463. The molecule has 0 aliphatic carbocycles. The highest BCUT2D eigenvalue weighted by atomic mass is 16.5. The van der Waals surface area contributed by atoms with Crippen molar-refractivity contribution >= 4 is 0 Å². The Kier molecular flexibility index (Phi) is 1.83. The van der Waals surface area contributed by atoms with Gasteiger partial charge >= 0.3 is 0 Å². The van der Waals surface area contributed by atoms with E-state index in [1.807, 2.05) is 0 Å². The van der Waals surface area contributed by atoms with Gasteiger partial charge in [0.2, 0.25) is 0 Å². The number of hydrogen-bond donors (Lipinski definition) is 2. The molecule has 1 saturated heterocycles. The molecule has 3 N–H and O–H groups in total. The summed E-state index contributed by atoms with van der Waals surface area (Å²) >= 11 is 0. The number of nitrogens with two attached hydrogens (primary N) is 1. The van der Waals surface area contributed by atoms with Gasteiger partial charge in [0.15, 0.2) is 0 Å². The first-order valence-electron chi connectivity index (χ1n) is 2.81. The number of rotatable bonds is 1. The van der Waals surface area contributed by atoms with E-state index in [-0.39, 0.29) is 18.8 Å². The molecule has 1 rings (SSSR count). The van der Waals surface area contributed by atoms with Gasteiger partial charge in [0.1, 0.15) is 0 Å². The molecule has 0 amide bonds. The van der Waals surface area contributed by atoms with Gasteiger partial charge in [-0.2, -0.15) is 0 Å². The van der Waals surface area contributed by atoms with Crippen LogP contribution >= 0.6 is 0 Å². The van der Waals surface area contributed by atoms with E-state index in [0.717, 1.165) is 6.42 Å². The minimum Gasteiger partial charge on any atom is -0.394 e. The summed E-state index contributed by atoms with van der Waals surface area (Å²) in [5.41, 5.74) is 5.46. The minimum absolute atomic E-state index is 0.00463. The molecule has 0 unspecified atom stereocenters. The molecule has 0 saturated carbocycles. The Labute approximate surface area is 48.4 Å². The van der Waals surface area contributed by atoms with Crippen LogP contribution in [0.5, 0.6) is 0 Å². The Balaban J connectivity index is 2.22. The van der Waals surface area contributed by atoms with Gasteiger partial charge in [-0.05, 0) is 6.42 Å². The van der Waals surface area contributed by atoms with Crippen molar-refractivity contribution in [1.82, 2.24) is 0 Å². The monoisotopic (exact) mass is 117 g/mol. The molecule has 1 heterocycles. The normalized spacial score (nSPS) is 38.2. The summed E-state index contributed by atoms with van der Waals surface area (Å²) in [5, 5.41) is 8.50. The van der Waals surface area contributed by atoms with E-state index in [4.69, 9.17) is 15.6 Å². The van der Waals surface area contributed by atoms with Gasteiger partial charge in [0.05, 0.1) is 19.3 Å². The third-order valence-electron chi connectivity index (χ3n) is 1.32. The molecule has 0 aromatic carbocycles. The molecule has 0 aromatic rings. The summed E-state index contributed by atoms with van der Waals surface area (Å²) in [4.78, 5) is 0. The number of aliphatic hydroxyl groups excluding tert-OH is 1. The van der Waals surface area contributed by atoms with E-state index in [0.29, 0.717) is 6.61 Å². The van der Waals surface area contributed by atoms with E-state index in [2.05, 4.69) is 0 Å². The first kappa shape index (κ1) is 6.01. The van der Waals surface area contributed by atoms with E-state index < -0.39 is 0 Å². The maximum Gasteiger partial charge on any atom is 0.0822 e. The summed E-state index contributed by atoms with van der Waals surface area (Å²) in [5.74, 6) is 0. The number of hydrogen-bond acceptors (Lipinski definition) is 3. The van der Waals surface area contributed by atoms with Crippen LogP contribution < -0.4 is 5.73 Å². The zero-order chi connectivity index (χ0) is 5.98. The Morgan fingerprint density at radius 1 is 1.75 bits per heavy atom. The van der Waals surface area contributed by atoms with Gasteiger partial charge in [-0.3, -0.25) is 0 Å². The molecular weight excluding hydrogens is 106 g/mol. The highest BCUT2D eigenvalue weighted by Crippen LogP contribution is 2.09. The average molecular weight is 117 g/mol. The zero-order valence-electron chi connectivity index (χ0n) is 4.71. The molecule has 8 heavy (non-hydrogen) atoms. The lowest BCUT2D eigenvalue weighted by molar-refractivity contribution is 0.0585. The fourth-order valence-electron chi connectivity index (χ4n) is 0.861. The van der Waals surface area contributed by atoms with Crippen LogP contribution in [0, 0.1) is 0 Å². The molecule has 3 heteroatoms. The highest BCUT2D eigenvalue weighted by molar-refractivity contribution is 4.74. The molecule has 3 nitrogen and oxygen atoms in total. The molecule has 0 aromatic heterocycles. The molecular formula is C5H11NO2. The summed E-state index contributed by atoms with van der Waals surface area (Å²) < 4.78 is 5.04. The predicted molar refractivity (Wildman–Crippen MR) is 29.4 cm³/mol. The van der Waals surface area contributed by atoms with Crippen molar-refractivity contribution in [3.05, 3.63) is 0 Å². The van der Waals surface area contributed by atoms with Crippen LogP contribution in [0.4, 0.5) is 0 Å². The van der Waals surface area contributed by atoms with Gasteiger partial charge in [0, 0.05) is 6.04 Å². The number of ether oxygens (including phenoxy) is 1. The number of aliphatic hydroxyl groups is 1. The fraction of sp³-hybridized carbons (Fsp3) is 1.00. The molecule has 1 aliphatic heterocycles. The third-order valence-corrected chi connectivity index (χ3v) is 1.32. The second kappa shape index (κ2) is 2.44. The Bertz CT molecular complexity index is 76.8. The van der Waals surface area contributed by atoms with Crippen molar-refractivity contribution in [2.75, 3.05) is 13.2 Å². The van der Waals surface area contributed by atoms with Crippen molar-refractivity contribution in [3.63, 3.8) is 0 Å². The molecule has 0 spiro atoms. The van der Waals surface area contributed by atoms with Gasteiger partial charge in [0.25, 0.3) is 0 Å². The van der Waals surface area contributed by atoms with Crippen molar-refractivity contribution in [2.24, 2.45) is 5.73 Å². The molecule has 48 valence electrons. The second-order valence-electron chi connectivity index (χ2n) is 2.13. The zero-order valence-corrected chi connectivity index (χ0v) is 4.71. The lowest BCUT2D eigenvalue weighted by Crippen LogP contribution is -2.19. The van der Waals surface area contributed by atoms with Crippen molar-refractivity contribution in [2.45, 2.75) is 18.6 Å². The van der Waals surface area contributed by atoms with Crippen LogP contribution in [-0.4, -0.2) is 30.5 Å². The lowest BCUT2D eigenvalue weighted by atomic mass is 10.2. The van der Waals surface area contributed by atoms with E-state index in [9.17, 15) is 0 Å². The van der Waals surface area contributed by atoms with Crippen LogP contribution in [0.1, 0.15) is 6.42 Å². The first-order chi connectivity index (χ1) is 3.83. The maximum absolute atomic E-state index is 8.50. The summed E-state index contributed by atoms with van der Waals surface area (Å²) in [6.07, 6.45) is 0.807. The summed E-state index contributed by atoms with van der Waals surface area (Å²) in [6, 6.07) is 0.146. The van der Waals surface area contributed by atoms with E-state index in [1.54, 1.807) is 0 Å². The Morgan fingerprint density at radius 3 is 2.75 bits per heavy atom. The Morgan fingerprint density at radius 2 is 2.50 bits per heavy atom. The lowest BCUT2D eigenvalue weighted by Gasteiger charge is -2.00. The van der Waals surface area contributed by atoms with Crippen molar-refractivity contribution < 1.29 is 9.84 Å². The average Bonchev–Trinajstić information content (AvgIpc) is 2.14. The molecule has 2 atom stereocenters. The van der Waals surface area contributed by atoms with E-state index >= 15 is 0 Å². The standard InChI is InChI=1S/C5H11NO2/c6-4-1-5(2-7)8-3-4/h4-5,7H,1-3,6H2/t4-,5-/m1/s1. The van der Waals surface area contributed by atoms with Crippen LogP contribution in [0.25, 0.3) is 0 Å². The summed E-state index contributed by atoms with van der Waals surface area (Å²) in [7, 11) is 0. The van der Waals surface area contributed by atoms with Gasteiger partial charge < -0.3 is 15.6 Å². The summed E-state index contributed by atoms with van der Waals surface area (Å²) in [6.45, 7) is 0.707. The third kappa shape index (κ3) is 1.18. The topological polar surface area (TPSA) is 55.5 Å². The fourth-order valence-corrected chi connectivity index (χ4v) is 0.861. The van der Waals surface area contributed by atoms with Crippen LogP contribution in [0.15, 0.2) is 0 Å². The second-order valence-corrected chi connectivity index (χ2v) is 2.13. The molecule has 1 aliphatic rings. The molecule has 0 bridgehead atoms. The molecule has 1 fully saturated rings. The maximum atomic E-state index is 8.50. The van der Waals surface area contributed by atoms with Crippen LogP contribution in [0.2, 0.25) is 0 Å². The van der Waals surface area contributed by atoms with Crippen LogP contribution in [-0.2, 0) is 4.74 Å². The van der Waals surface area contributed by atoms with Crippen molar-refractivity contribution in [1.29, 1.82) is 0 Å². The van der Waals surface area contributed by atoms with Crippen molar-refractivity contribution in [3.8, 4) is 0 Å². The highest BCUT2D eigenvalue weighted by Gasteiger charge is 2.20. The molecule has 0 radical (unpaired) electrons. The van der Waals surface area contributed by atoms with Gasteiger partial charge in [-0.15, -0.1) is 0 Å². The SMILES string of the molecule is N[C@H]1CO[C@@H](CO)C1. The van der Waals surface area contributed by atoms with Gasteiger partial charge in [-0.1, -0.05) is 0 Å². The first-order valence-corrected chi connectivity index (χ1v) is 2.81. The van der Waals surface area contributed by atoms with Gasteiger partial charge in [-0.25, -0.2) is 0 Å². The van der Waals surface area contributed by atoms with E-state index in [1.165, 1.54) is 0 Å².